The van der Waals surface area contributed by atoms with Crippen LogP contribution in [0.4, 0.5) is 10.1 Å². The van der Waals surface area contributed by atoms with Crippen LogP contribution in [0.2, 0.25) is 0 Å². The van der Waals surface area contributed by atoms with Gasteiger partial charge in [-0.25, -0.2) is 4.39 Å². The summed E-state index contributed by atoms with van der Waals surface area (Å²) in [4.78, 5) is 13.5. The number of thiophene rings is 1. The normalized spacial score (nSPS) is 10.8. The first-order valence-electron chi connectivity index (χ1n) is 8.90. The molecule has 5 nitrogen and oxygen atoms in total. The molecule has 0 fully saturated rings. The number of carbonyl (C=O) groups excluding carboxylic acids is 1. The third kappa shape index (κ3) is 5.08. The fourth-order valence-corrected chi connectivity index (χ4v) is 4.36. The van der Waals surface area contributed by atoms with Gasteiger partial charge in [-0.05, 0) is 36.8 Å². The number of nitrogens with one attached hydrogen (secondary N) is 1. The lowest BCUT2D eigenvalue weighted by atomic mass is 10.2. The molecule has 1 N–H and O–H groups in total. The molecule has 0 radical (unpaired) electrons. The van der Waals surface area contributed by atoms with Gasteiger partial charge in [0.1, 0.15) is 5.82 Å². The van der Waals surface area contributed by atoms with Crippen LogP contribution in [-0.4, -0.2) is 26.4 Å². The van der Waals surface area contributed by atoms with Gasteiger partial charge in [-0.1, -0.05) is 31.2 Å². The van der Waals surface area contributed by atoms with Crippen LogP contribution in [0.15, 0.2) is 53.5 Å². The van der Waals surface area contributed by atoms with E-state index in [9.17, 15) is 9.18 Å². The predicted octanol–water partition coefficient (Wildman–Crippen LogP) is 5.02. The summed E-state index contributed by atoms with van der Waals surface area (Å²) in [6.07, 6.45) is 3.93. The average Bonchev–Trinajstić information content (AvgIpc) is 3.29. The molecule has 1 aromatic carbocycles. The number of aryl methyl sites for hydroxylation is 1. The van der Waals surface area contributed by atoms with Gasteiger partial charge in [-0.15, -0.1) is 28.1 Å². The second-order valence-corrected chi connectivity index (χ2v) is 8.04. The first-order chi connectivity index (χ1) is 13.6. The highest BCUT2D eigenvalue weighted by atomic mass is 32.2. The van der Waals surface area contributed by atoms with Crippen molar-refractivity contribution in [2.45, 2.75) is 31.5 Å². The Kier molecular flexibility index (Phi) is 7.00. The Hall–Kier alpha value is -2.45. The number of benzene rings is 1. The van der Waals surface area contributed by atoms with Crippen molar-refractivity contribution in [3.05, 3.63) is 59.1 Å². The number of hydrogen-bond donors (Lipinski definition) is 1. The van der Waals surface area contributed by atoms with E-state index in [1.165, 1.54) is 40.9 Å². The number of anilines is 1. The number of allylic oxidation sites excluding steroid dienone is 1. The van der Waals surface area contributed by atoms with Crippen LogP contribution >= 0.6 is 23.1 Å². The molecule has 0 atom stereocenters. The molecular formula is C20H21FN4OS2. The summed E-state index contributed by atoms with van der Waals surface area (Å²) in [5, 5.41) is 14.1. The number of thioether (sulfide) groups is 1. The molecule has 0 spiro atoms. The van der Waals surface area contributed by atoms with Crippen molar-refractivity contribution < 1.29 is 9.18 Å². The van der Waals surface area contributed by atoms with Crippen LogP contribution in [0.5, 0.6) is 0 Å². The SMILES string of the molecule is C=CCn1c(SCC(=O)Nc2ccc(F)cc2)nnc1-c1csc(CCC)c1. The van der Waals surface area contributed by atoms with Crippen LogP contribution in [-0.2, 0) is 17.8 Å². The lowest BCUT2D eigenvalue weighted by Gasteiger charge is -2.07. The molecule has 146 valence electrons. The van der Waals surface area contributed by atoms with Crippen molar-refractivity contribution in [1.29, 1.82) is 0 Å². The van der Waals surface area contributed by atoms with Gasteiger partial charge in [-0.2, -0.15) is 0 Å². The Balaban J connectivity index is 1.69. The van der Waals surface area contributed by atoms with Gasteiger partial charge >= 0.3 is 0 Å². The number of rotatable bonds is 9. The van der Waals surface area contributed by atoms with Crippen molar-refractivity contribution in [3.8, 4) is 11.4 Å². The lowest BCUT2D eigenvalue weighted by molar-refractivity contribution is -0.113. The van der Waals surface area contributed by atoms with Gasteiger partial charge in [0, 0.05) is 28.1 Å². The van der Waals surface area contributed by atoms with Gasteiger partial charge in [0.15, 0.2) is 11.0 Å². The van der Waals surface area contributed by atoms with E-state index in [2.05, 4.69) is 40.5 Å². The molecule has 2 heterocycles. The first-order valence-corrected chi connectivity index (χ1v) is 10.8. The zero-order valence-corrected chi connectivity index (χ0v) is 17.2. The van der Waals surface area contributed by atoms with E-state index in [0.717, 1.165) is 24.2 Å². The summed E-state index contributed by atoms with van der Waals surface area (Å²) in [6.45, 7) is 6.53. The minimum absolute atomic E-state index is 0.178. The third-order valence-corrected chi connectivity index (χ3v) is 5.86. The van der Waals surface area contributed by atoms with Crippen molar-refractivity contribution in [1.82, 2.24) is 14.8 Å². The fraction of sp³-hybridized carbons (Fsp3) is 0.250. The standard InChI is InChI=1S/C20H21FN4OS2/c1-3-5-17-11-14(12-27-17)19-23-24-20(25(19)10-4-2)28-13-18(26)22-16-8-6-15(21)7-9-16/h4,6-9,11-12H,2-3,5,10,13H2,1H3,(H,22,26). The van der Waals surface area contributed by atoms with Crippen molar-refractivity contribution in [2.24, 2.45) is 0 Å². The van der Waals surface area contributed by atoms with E-state index in [4.69, 9.17) is 0 Å². The molecule has 0 aliphatic rings. The minimum Gasteiger partial charge on any atom is -0.325 e. The van der Waals surface area contributed by atoms with Crippen LogP contribution < -0.4 is 5.32 Å². The molecule has 1 amide bonds. The molecule has 0 bridgehead atoms. The van der Waals surface area contributed by atoms with Crippen LogP contribution in [0.3, 0.4) is 0 Å². The first kappa shape index (κ1) is 20.3. The highest BCUT2D eigenvalue weighted by molar-refractivity contribution is 7.99. The van der Waals surface area contributed by atoms with E-state index in [1.54, 1.807) is 17.4 Å². The maximum atomic E-state index is 13.0. The van der Waals surface area contributed by atoms with Crippen LogP contribution in [0.25, 0.3) is 11.4 Å². The van der Waals surface area contributed by atoms with Crippen LogP contribution in [0.1, 0.15) is 18.2 Å². The molecular weight excluding hydrogens is 395 g/mol. The molecule has 0 aliphatic carbocycles. The molecule has 2 aromatic heterocycles. The lowest BCUT2D eigenvalue weighted by Crippen LogP contribution is -2.14. The van der Waals surface area contributed by atoms with Gasteiger partial charge in [0.25, 0.3) is 0 Å². The molecule has 3 rings (SSSR count). The molecule has 28 heavy (non-hydrogen) atoms. The summed E-state index contributed by atoms with van der Waals surface area (Å²) in [5.74, 6) is 0.428. The number of halogens is 1. The Morgan fingerprint density at radius 2 is 2.14 bits per heavy atom. The molecule has 0 unspecified atom stereocenters. The van der Waals surface area contributed by atoms with Crippen LogP contribution in [0, 0.1) is 5.82 Å². The summed E-state index contributed by atoms with van der Waals surface area (Å²) in [7, 11) is 0. The number of hydrogen-bond acceptors (Lipinski definition) is 5. The summed E-state index contributed by atoms with van der Waals surface area (Å²) in [6, 6.07) is 7.82. The van der Waals surface area contributed by atoms with Gasteiger partial charge in [-0.3, -0.25) is 9.36 Å². The summed E-state index contributed by atoms with van der Waals surface area (Å²) in [5.41, 5.74) is 1.59. The van der Waals surface area contributed by atoms with Gasteiger partial charge < -0.3 is 5.32 Å². The fourth-order valence-electron chi connectivity index (χ4n) is 2.64. The minimum atomic E-state index is -0.340. The topological polar surface area (TPSA) is 59.8 Å². The van der Waals surface area contributed by atoms with E-state index in [1.807, 2.05) is 4.57 Å². The smallest absolute Gasteiger partial charge is 0.234 e. The van der Waals surface area contributed by atoms with E-state index in [-0.39, 0.29) is 17.5 Å². The zero-order valence-electron chi connectivity index (χ0n) is 15.5. The third-order valence-electron chi connectivity index (χ3n) is 3.90. The maximum Gasteiger partial charge on any atom is 0.234 e. The Labute approximate surface area is 171 Å². The van der Waals surface area contributed by atoms with E-state index in [0.29, 0.717) is 17.4 Å². The molecule has 0 saturated heterocycles. The van der Waals surface area contributed by atoms with Crippen molar-refractivity contribution >= 4 is 34.7 Å². The number of nitrogens with zero attached hydrogens (tertiary/aromatic N) is 3. The Morgan fingerprint density at radius 1 is 1.36 bits per heavy atom. The predicted molar refractivity (Wildman–Crippen MR) is 113 cm³/mol. The summed E-state index contributed by atoms with van der Waals surface area (Å²) < 4.78 is 14.9. The monoisotopic (exact) mass is 416 g/mol. The summed E-state index contributed by atoms with van der Waals surface area (Å²) >= 11 is 3.03. The number of carbonyl (C=O) groups is 1. The molecule has 0 saturated carbocycles. The van der Waals surface area contributed by atoms with Crippen molar-refractivity contribution in [3.63, 3.8) is 0 Å². The zero-order chi connectivity index (χ0) is 19.9. The Bertz CT molecular complexity index is 950. The maximum absolute atomic E-state index is 13.0. The average molecular weight is 417 g/mol. The highest BCUT2D eigenvalue weighted by Gasteiger charge is 2.16. The second kappa shape index (κ2) is 9.66. The largest absolute Gasteiger partial charge is 0.325 e. The van der Waals surface area contributed by atoms with Gasteiger partial charge in [0.05, 0.1) is 5.75 Å². The molecule has 3 aromatic rings. The highest BCUT2D eigenvalue weighted by Crippen LogP contribution is 2.28. The quantitative estimate of drug-likeness (QED) is 0.393. The van der Waals surface area contributed by atoms with E-state index < -0.39 is 0 Å². The van der Waals surface area contributed by atoms with Gasteiger partial charge in [0.2, 0.25) is 5.91 Å². The van der Waals surface area contributed by atoms with E-state index >= 15 is 0 Å². The second-order valence-electron chi connectivity index (χ2n) is 6.10. The molecule has 8 heteroatoms. The number of aromatic nitrogens is 3. The number of amides is 1. The van der Waals surface area contributed by atoms with Crippen molar-refractivity contribution in [2.75, 3.05) is 11.1 Å². The Morgan fingerprint density at radius 3 is 2.86 bits per heavy atom. The molecule has 0 aliphatic heterocycles.